The number of phenolic OH excluding ortho intramolecular Hbond substituents is 1. The number of para-hydroxylation sites is 2. The molecule has 5 nitrogen and oxygen atoms in total. The van der Waals surface area contributed by atoms with Crippen molar-refractivity contribution in [3.63, 3.8) is 0 Å². The van der Waals surface area contributed by atoms with Crippen molar-refractivity contribution in [1.29, 1.82) is 0 Å². The average molecular weight is 460 g/mol. The minimum absolute atomic E-state index is 0.136. The van der Waals surface area contributed by atoms with Gasteiger partial charge < -0.3 is 9.84 Å². The van der Waals surface area contributed by atoms with Gasteiger partial charge >= 0.3 is 0 Å². The number of aromatic hydroxyl groups is 1. The van der Waals surface area contributed by atoms with Gasteiger partial charge in [0.05, 0.1) is 11.0 Å². The highest BCUT2D eigenvalue weighted by Gasteiger charge is 2.16. The van der Waals surface area contributed by atoms with E-state index in [1.165, 1.54) is 16.5 Å². The lowest BCUT2D eigenvalue weighted by Gasteiger charge is -2.13. The van der Waals surface area contributed by atoms with Crippen LogP contribution in [-0.2, 0) is 12.8 Å². The fourth-order valence-corrected chi connectivity index (χ4v) is 4.74. The molecular weight excluding hydrogens is 434 g/mol. The maximum atomic E-state index is 10.2. The van der Waals surface area contributed by atoms with Crippen molar-refractivity contribution in [1.82, 2.24) is 14.5 Å². The maximum Gasteiger partial charge on any atom is 0.219 e. The Kier molecular flexibility index (Phi) is 5.10. The molecule has 6 aromatic rings. The molecule has 0 bridgehead atoms. The Morgan fingerprint density at radius 1 is 0.829 bits per heavy atom. The van der Waals surface area contributed by atoms with Gasteiger partial charge in [-0.15, -0.1) is 0 Å². The van der Waals surface area contributed by atoms with Crippen LogP contribution in [0.15, 0.2) is 85.1 Å². The molecule has 3 aromatic carbocycles. The lowest BCUT2D eigenvalue weighted by atomic mass is 10.1. The maximum absolute atomic E-state index is 10.2. The SMILES string of the molecule is CCc1cnc(-n2c3ccccc3c3ccc(Oc4ccc5cccc(O)c5n4)cc32)c(CC)c1. The highest BCUT2D eigenvalue weighted by Crippen LogP contribution is 2.36. The van der Waals surface area contributed by atoms with Crippen LogP contribution in [0.25, 0.3) is 38.5 Å². The molecule has 0 fully saturated rings. The van der Waals surface area contributed by atoms with E-state index in [1.54, 1.807) is 12.1 Å². The molecule has 1 N–H and O–H groups in total. The fraction of sp³-hybridized carbons (Fsp3) is 0.133. The van der Waals surface area contributed by atoms with Crippen LogP contribution in [0, 0.1) is 0 Å². The third-order valence-electron chi connectivity index (χ3n) is 6.54. The number of hydrogen-bond acceptors (Lipinski definition) is 4. The molecule has 3 aromatic heterocycles. The van der Waals surface area contributed by atoms with E-state index in [9.17, 15) is 5.11 Å². The zero-order chi connectivity index (χ0) is 23.9. The van der Waals surface area contributed by atoms with Crippen LogP contribution in [0.5, 0.6) is 17.4 Å². The smallest absolute Gasteiger partial charge is 0.219 e. The minimum Gasteiger partial charge on any atom is -0.506 e. The van der Waals surface area contributed by atoms with Gasteiger partial charge in [-0.1, -0.05) is 50.2 Å². The fourth-order valence-electron chi connectivity index (χ4n) is 4.74. The van der Waals surface area contributed by atoms with E-state index in [0.717, 1.165) is 40.5 Å². The van der Waals surface area contributed by atoms with Crippen molar-refractivity contribution in [2.45, 2.75) is 26.7 Å². The molecule has 0 atom stereocenters. The molecule has 0 amide bonds. The number of aromatic nitrogens is 3. The predicted octanol–water partition coefficient (Wildman–Crippen LogP) is 7.35. The summed E-state index contributed by atoms with van der Waals surface area (Å²) in [5.74, 6) is 2.19. The molecule has 0 saturated heterocycles. The van der Waals surface area contributed by atoms with Crippen LogP contribution in [0.1, 0.15) is 25.0 Å². The Bertz CT molecular complexity index is 1720. The van der Waals surface area contributed by atoms with E-state index in [1.807, 2.05) is 36.5 Å². The Hall–Kier alpha value is -4.38. The summed E-state index contributed by atoms with van der Waals surface area (Å²) in [4.78, 5) is 9.43. The quantitative estimate of drug-likeness (QED) is 0.293. The second-order valence-corrected chi connectivity index (χ2v) is 8.67. The topological polar surface area (TPSA) is 60.2 Å². The summed E-state index contributed by atoms with van der Waals surface area (Å²) in [5, 5.41) is 13.4. The molecule has 0 saturated carbocycles. The highest BCUT2D eigenvalue weighted by molar-refractivity contribution is 6.09. The zero-order valence-corrected chi connectivity index (χ0v) is 19.7. The predicted molar refractivity (Wildman–Crippen MR) is 141 cm³/mol. The van der Waals surface area contributed by atoms with Gasteiger partial charge in [-0.2, -0.15) is 0 Å². The molecule has 0 aliphatic heterocycles. The lowest BCUT2D eigenvalue weighted by molar-refractivity contribution is 0.460. The number of pyridine rings is 2. The Labute approximate surface area is 203 Å². The first kappa shape index (κ1) is 21.2. The first-order valence-corrected chi connectivity index (χ1v) is 11.9. The summed E-state index contributed by atoms with van der Waals surface area (Å²) in [6, 6.07) is 25.8. The molecule has 172 valence electrons. The van der Waals surface area contributed by atoms with E-state index in [2.05, 4.69) is 59.8 Å². The van der Waals surface area contributed by atoms with Gasteiger partial charge in [-0.25, -0.2) is 9.97 Å². The first-order chi connectivity index (χ1) is 17.2. The lowest BCUT2D eigenvalue weighted by Crippen LogP contribution is -2.03. The van der Waals surface area contributed by atoms with E-state index in [0.29, 0.717) is 17.1 Å². The largest absolute Gasteiger partial charge is 0.506 e. The van der Waals surface area contributed by atoms with Gasteiger partial charge in [0.15, 0.2) is 0 Å². The number of benzene rings is 3. The monoisotopic (exact) mass is 459 g/mol. The number of hydrogen-bond donors (Lipinski definition) is 1. The number of fused-ring (bicyclic) bond motifs is 4. The summed E-state index contributed by atoms with van der Waals surface area (Å²) in [6.07, 6.45) is 3.82. The van der Waals surface area contributed by atoms with E-state index in [-0.39, 0.29) is 5.75 Å². The minimum atomic E-state index is 0.136. The Balaban J connectivity index is 1.53. The Morgan fingerprint density at radius 3 is 2.54 bits per heavy atom. The molecule has 35 heavy (non-hydrogen) atoms. The molecule has 6 rings (SSSR count). The average Bonchev–Trinajstić information content (AvgIpc) is 3.22. The number of rotatable bonds is 5. The number of phenols is 1. The number of ether oxygens (including phenoxy) is 1. The van der Waals surface area contributed by atoms with Gasteiger partial charge in [0, 0.05) is 34.5 Å². The zero-order valence-electron chi connectivity index (χ0n) is 19.7. The molecule has 0 aliphatic carbocycles. The molecule has 0 radical (unpaired) electrons. The van der Waals surface area contributed by atoms with E-state index < -0.39 is 0 Å². The highest BCUT2D eigenvalue weighted by atomic mass is 16.5. The molecule has 0 unspecified atom stereocenters. The van der Waals surface area contributed by atoms with Crippen molar-refractivity contribution < 1.29 is 9.84 Å². The van der Waals surface area contributed by atoms with Crippen LogP contribution >= 0.6 is 0 Å². The molecule has 0 aliphatic rings. The van der Waals surface area contributed by atoms with Gasteiger partial charge in [-0.05, 0) is 54.3 Å². The summed E-state index contributed by atoms with van der Waals surface area (Å²) in [7, 11) is 0. The van der Waals surface area contributed by atoms with Crippen LogP contribution in [0.3, 0.4) is 0 Å². The second kappa shape index (κ2) is 8.44. The summed E-state index contributed by atoms with van der Waals surface area (Å²) < 4.78 is 8.41. The molecule has 5 heteroatoms. The van der Waals surface area contributed by atoms with Gasteiger partial charge in [0.25, 0.3) is 0 Å². The van der Waals surface area contributed by atoms with Crippen LogP contribution in [-0.4, -0.2) is 19.6 Å². The normalized spacial score (nSPS) is 11.5. The van der Waals surface area contributed by atoms with Gasteiger partial charge in [-0.3, -0.25) is 4.57 Å². The number of aryl methyl sites for hydroxylation is 2. The molecule has 3 heterocycles. The second-order valence-electron chi connectivity index (χ2n) is 8.67. The summed E-state index contributed by atoms with van der Waals surface area (Å²) >= 11 is 0. The van der Waals surface area contributed by atoms with Crippen molar-refractivity contribution >= 4 is 32.7 Å². The first-order valence-electron chi connectivity index (χ1n) is 11.9. The van der Waals surface area contributed by atoms with Gasteiger partial charge in [0.2, 0.25) is 5.88 Å². The van der Waals surface area contributed by atoms with Crippen LogP contribution in [0.4, 0.5) is 0 Å². The molecule has 0 spiro atoms. The third-order valence-corrected chi connectivity index (χ3v) is 6.54. The van der Waals surface area contributed by atoms with E-state index in [4.69, 9.17) is 9.72 Å². The van der Waals surface area contributed by atoms with Crippen LogP contribution in [0.2, 0.25) is 0 Å². The van der Waals surface area contributed by atoms with Gasteiger partial charge in [0.1, 0.15) is 22.8 Å². The third kappa shape index (κ3) is 3.56. The van der Waals surface area contributed by atoms with Crippen LogP contribution < -0.4 is 4.74 Å². The molecular formula is C30H25N3O2. The summed E-state index contributed by atoms with van der Waals surface area (Å²) in [6.45, 7) is 4.32. The number of nitrogens with zero attached hydrogens (tertiary/aromatic N) is 3. The van der Waals surface area contributed by atoms with Crippen molar-refractivity contribution in [2.24, 2.45) is 0 Å². The Morgan fingerprint density at radius 2 is 1.69 bits per heavy atom. The van der Waals surface area contributed by atoms with Crippen molar-refractivity contribution in [3.8, 4) is 23.2 Å². The summed E-state index contributed by atoms with van der Waals surface area (Å²) in [5.41, 5.74) is 5.11. The van der Waals surface area contributed by atoms with E-state index >= 15 is 0 Å². The van der Waals surface area contributed by atoms with Crippen molar-refractivity contribution in [2.75, 3.05) is 0 Å². The standard InChI is InChI=1S/C30H25N3O2/c1-3-19-16-20(4-2)30(31-18-19)33-25-10-6-5-9-23(25)24-14-13-22(17-26(24)33)35-28-15-12-21-8-7-11-27(34)29(21)32-28/h5-18,34H,3-4H2,1-2H3. The van der Waals surface area contributed by atoms with Crippen molar-refractivity contribution in [3.05, 3.63) is 96.2 Å².